The summed E-state index contributed by atoms with van der Waals surface area (Å²) in [5.41, 5.74) is 2.05. The number of piperidine rings is 1. The number of likely N-dealkylation sites (tertiary alicyclic amines) is 1. The van der Waals surface area contributed by atoms with Crippen molar-refractivity contribution in [1.29, 1.82) is 0 Å². The lowest BCUT2D eigenvalue weighted by atomic mass is 9.94. The molecule has 0 saturated carbocycles. The summed E-state index contributed by atoms with van der Waals surface area (Å²) in [4.78, 5) is 2.42. The third-order valence-electron chi connectivity index (χ3n) is 4.31. The van der Waals surface area contributed by atoms with Crippen LogP contribution in [-0.2, 0) is 13.1 Å². The van der Waals surface area contributed by atoms with Gasteiger partial charge in [-0.2, -0.15) is 5.10 Å². The summed E-state index contributed by atoms with van der Waals surface area (Å²) < 4.78 is 2.00. The second kappa shape index (κ2) is 7.43. The van der Waals surface area contributed by atoms with Crippen molar-refractivity contribution < 1.29 is 0 Å². The number of nitrogens with zero attached hydrogens (tertiary/aromatic N) is 3. The number of hydrogen-bond acceptors (Lipinski definition) is 3. The maximum absolute atomic E-state index is 6.31. The molecule has 114 valence electrons. The van der Waals surface area contributed by atoms with Gasteiger partial charge in [0.1, 0.15) is 0 Å². The van der Waals surface area contributed by atoms with E-state index in [1.54, 1.807) is 0 Å². The van der Waals surface area contributed by atoms with E-state index in [1.807, 2.05) is 11.6 Å². The van der Waals surface area contributed by atoms with Crippen LogP contribution in [0.1, 0.15) is 37.6 Å². The molecule has 5 heteroatoms. The van der Waals surface area contributed by atoms with E-state index < -0.39 is 0 Å². The molecule has 1 aliphatic rings. The van der Waals surface area contributed by atoms with E-state index in [9.17, 15) is 0 Å². The first-order valence-electron chi connectivity index (χ1n) is 7.72. The number of rotatable bonds is 6. The Balaban J connectivity index is 1.73. The monoisotopic (exact) mass is 298 g/mol. The van der Waals surface area contributed by atoms with Crippen molar-refractivity contribution in [1.82, 2.24) is 20.0 Å². The highest BCUT2D eigenvalue weighted by Crippen LogP contribution is 2.21. The molecule has 0 radical (unpaired) electrons. The van der Waals surface area contributed by atoms with Crippen LogP contribution in [0.4, 0.5) is 0 Å². The first kappa shape index (κ1) is 15.8. The third-order valence-corrected chi connectivity index (χ3v) is 4.80. The molecule has 0 atom stereocenters. The SMILES string of the molecule is CCn1nc(C)c(Cl)c1CNCCC1CCN(C)CC1. The van der Waals surface area contributed by atoms with Gasteiger partial charge in [-0.1, -0.05) is 11.6 Å². The molecule has 1 fully saturated rings. The Bertz CT molecular complexity index is 422. The molecule has 1 aromatic rings. The molecule has 0 amide bonds. The van der Waals surface area contributed by atoms with Gasteiger partial charge in [-0.25, -0.2) is 0 Å². The molecular weight excluding hydrogens is 272 g/mol. The van der Waals surface area contributed by atoms with Crippen molar-refractivity contribution in [3.8, 4) is 0 Å². The van der Waals surface area contributed by atoms with Crippen LogP contribution in [0.15, 0.2) is 0 Å². The number of hydrogen-bond donors (Lipinski definition) is 1. The average molecular weight is 299 g/mol. The van der Waals surface area contributed by atoms with Gasteiger partial charge in [0, 0.05) is 13.1 Å². The molecular formula is C15H27ClN4. The van der Waals surface area contributed by atoms with Crippen LogP contribution >= 0.6 is 11.6 Å². The Labute approximate surface area is 127 Å². The third kappa shape index (κ3) is 3.96. The Kier molecular flexibility index (Phi) is 5.87. The van der Waals surface area contributed by atoms with E-state index in [1.165, 1.54) is 32.4 Å². The van der Waals surface area contributed by atoms with E-state index in [2.05, 4.69) is 29.3 Å². The predicted molar refractivity (Wildman–Crippen MR) is 84.2 cm³/mol. The molecule has 1 aliphatic heterocycles. The molecule has 1 N–H and O–H groups in total. The standard InChI is InChI=1S/C15H27ClN4/c1-4-20-14(15(16)12(2)18-20)11-17-8-5-13-6-9-19(3)10-7-13/h13,17H,4-11H2,1-3H3. The number of nitrogens with one attached hydrogen (secondary N) is 1. The van der Waals surface area contributed by atoms with Crippen LogP contribution < -0.4 is 5.32 Å². The summed E-state index contributed by atoms with van der Waals surface area (Å²) in [5, 5.41) is 8.79. The summed E-state index contributed by atoms with van der Waals surface area (Å²) in [6.07, 6.45) is 3.95. The summed E-state index contributed by atoms with van der Waals surface area (Å²) in [6, 6.07) is 0. The zero-order chi connectivity index (χ0) is 14.5. The fraction of sp³-hybridized carbons (Fsp3) is 0.800. The quantitative estimate of drug-likeness (QED) is 0.820. The van der Waals surface area contributed by atoms with E-state index in [-0.39, 0.29) is 0 Å². The zero-order valence-electron chi connectivity index (χ0n) is 13.0. The largest absolute Gasteiger partial charge is 0.311 e. The van der Waals surface area contributed by atoms with Crippen molar-refractivity contribution in [3.05, 3.63) is 16.4 Å². The number of aryl methyl sites for hydroxylation is 2. The Morgan fingerprint density at radius 2 is 2.05 bits per heavy atom. The van der Waals surface area contributed by atoms with E-state index >= 15 is 0 Å². The van der Waals surface area contributed by atoms with Crippen molar-refractivity contribution in [3.63, 3.8) is 0 Å². The van der Waals surface area contributed by atoms with Crippen molar-refractivity contribution in [2.24, 2.45) is 5.92 Å². The molecule has 0 aliphatic carbocycles. The number of halogens is 1. The molecule has 0 aromatic carbocycles. The fourth-order valence-electron chi connectivity index (χ4n) is 2.90. The van der Waals surface area contributed by atoms with Gasteiger partial charge in [-0.3, -0.25) is 4.68 Å². The molecule has 0 spiro atoms. The van der Waals surface area contributed by atoms with Gasteiger partial charge < -0.3 is 10.2 Å². The first-order chi connectivity index (χ1) is 9.61. The molecule has 20 heavy (non-hydrogen) atoms. The Hall–Kier alpha value is -0.580. The predicted octanol–water partition coefficient (Wildman–Crippen LogP) is 2.69. The molecule has 0 bridgehead atoms. The lowest BCUT2D eigenvalue weighted by Gasteiger charge is -2.28. The summed E-state index contributed by atoms with van der Waals surface area (Å²) >= 11 is 6.31. The normalized spacial score (nSPS) is 17.8. The van der Waals surface area contributed by atoms with Crippen LogP contribution in [-0.4, -0.2) is 41.4 Å². The smallest absolute Gasteiger partial charge is 0.0860 e. The first-order valence-corrected chi connectivity index (χ1v) is 8.10. The Morgan fingerprint density at radius 1 is 1.35 bits per heavy atom. The fourth-order valence-corrected chi connectivity index (χ4v) is 3.10. The van der Waals surface area contributed by atoms with E-state index in [4.69, 9.17) is 11.6 Å². The highest BCUT2D eigenvalue weighted by Gasteiger charge is 2.16. The van der Waals surface area contributed by atoms with Gasteiger partial charge in [-0.15, -0.1) is 0 Å². The Morgan fingerprint density at radius 3 is 2.70 bits per heavy atom. The van der Waals surface area contributed by atoms with Crippen molar-refractivity contribution in [2.75, 3.05) is 26.7 Å². The van der Waals surface area contributed by atoms with Crippen molar-refractivity contribution >= 4 is 11.6 Å². The van der Waals surface area contributed by atoms with Gasteiger partial charge in [0.15, 0.2) is 0 Å². The summed E-state index contributed by atoms with van der Waals surface area (Å²) in [5.74, 6) is 0.881. The molecule has 1 saturated heterocycles. The molecule has 2 rings (SSSR count). The minimum absolute atomic E-state index is 0.818. The van der Waals surface area contributed by atoms with Gasteiger partial charge in [0.25, 0.3) is 0 Å². The van der Waals surface area contributed by atoms with Crippen LogP contribution in [0.5, 0.6) is 0 Å². The van der Waals surface area contributed by atoms with Gasteiger partial charge in [-0.05, 0) is 65.7 Å². The number of aromatic nitrogens is 2. The van der Waals surface area contributed by atoms with Crippen LogP contribution in [0, 0.1) is 12.8 Å². The van der Waals surface area contributed by atoms with Gasteiger partial charge in [0.05, 0.1) is 16.4 Å². The molecule has 4 nitrogen and oxygen atoms in total. The summed E-state index contributed by atoms with van der Waals surface area (Å²) in [7, 11) is 2.21. The highest BCUT2D eigenvalue weighted by atomic mass is 35.5. The minimum Gasteiger partial charge on any atom is -0.311 e. The second-order valence-electron chi connectivity index (χ2n) is 5.87. The zero-order valence-corrected chi connectivity index (χ0v) is 13.7. The maximum Gasteiger partial charge on any atom is 0.0860 e. The maximum atomic E-state index is 6.31. The van der Waals surface area contributed by atoms with E-state index in [0.717, 1.165) is 42.0 Å². The van der Waals surface area contributed by atoms with E-state index in [0.29, 0.717) is 0 Å². The lowest BCUT2D eigenvalue weighted by Crippen LogP contribution is -2.31. The molecule has 0 unspecified atom stereocenters. The van der Waals surface area contributed by atoms with Gasteiger partial charge in [0.2, 0.25) is 0 Å². The minimum atomic E-state index is 0.818. The summed E-state index contributed by atoms with van der Waals surface area (Å²) in [6.45, 7) is 9.33. The highest BCUT2D eigenvalue weighted by molar-refractivity contribution is 6.31. The van der Waals surface area contributed by atoms with Crippen LogP contribution in [0.3, 0.4) is 0 Å². The average Bonchev–Trinajstić information content (AvgIpc) is 2.72. The second-order valence-corrected chi connectivity index (χ2v) is 6.25. The van der Waals surface area contributed by atoms with Crippen molar-refractivity contribution in [2.45, 2.75) is 46.2 Å². The topological polar surface area (TPSA) is 33.1 Å². The van der Waals surface area contributed by atoms with Crippen LogP contribution in [0.25, 0.3) is 0 Å². The van der Waals surface area contributed by atoms with Gasteiger partial charge >= 0.3 is 0 Å². The lowest BCUT2D eigenvalue weighted by molar-refractivity contribution is 0.211. The molecule has 1 aromatic heterocycles. The van der Waals surface area contributed by atoms with Crippen LogP contribution in [0.2, 0.25) is 5.02 Å². The molecule has 2 heterocycles.